The number of halogens is 3. The zero-order valence-corrected chi connectivity index (χ0v) is 16.6. The average molecular weight is 418 g/mol. The second kappa shape index (κ2) is 6.66. The van der Waals surface area contributed by atoms with E-state index in [0.29, 0.717) is 27.6 Å². The fraction of sp³-hybridized carbons (Fsp3) is 0.350. The van der Waals surface area contributed by atoms with Crippen LogP contribution in [0.1, 0.15) is 31.0 Å². The van der Waals surface area contributed by atoms with Crippen molar-refractivity contribution in [1.82, 2.24) is 14.5 Å². The molecule has 4 rings (SSSR count). The first-order chi connectivity index (χ1) is 13.7. The van der Waals surface area contributed by atoms with Gasteiger partial charge in [0, 0.05) is 18.4 Å². The minimum atomic E-state index is -4.56. The normalized spacial score (nSPS) is 16.6. The molecule has 0 aliphatic heterocycles. The number of pyridine rings is 1. The molecule has 1 saturated carbocycles. The number of fused-ring (bicyclic) bond motifs is 1. The van der Waals surface area contributed by atoms with Crippen molar-refractivity contribution in [3.05, 3.63) is 41.7 Å². The number of nitriles is 1. The van der Waals surface area contributed by atoms with Gasteiger partial charge in [0.25, 0.3) is 0 Å². The SMILES string of the molecule is CC[S@@](=O)c1cc(C2(C#N)CC2)ccc1-c1nc2cc(C(F)(F)F)ncc2n1C. The van der Waals surface area contributed by atoms with Crippen LogP contribution in [-0.4, -0.2) is 24.5 Å². The molecule has 1 atom stereocenters. The first kappa shape index (κ1) is 19.6. The van der Waals surface area contributed by atoms with Gasteiger partial charge in [-0.1, -0.05) is 13.0 Å². The van der Waals surface area contributed by atoms with Crippen molar-refractivity contribution >= 4 is 21.8 Å². The van der Waals surface area contributed by atoms with E-state index in [1.165, 1.54) is 0 Å². The molecule has 0 saturated heterocycles. The number of imidazole rings is 1. The van der Waals surface area contributed by atoms with Gasteiger partial charge in [-0.2, -0.15) is 18.4 Å². The molecule has 1 aliphatic rings. The number of alkyl halides is 3. The Morgan fingerprint density at radius 1 is 1.31 bits per heavy atom. The van der Waals surface area contributed by atoms with Gasteiger partial charge in [-0.3, -0.25) is 4.21 Å². The summed E-state index contributed by atoms with van der Waals surface area (Å²) in [6, 6.07) is 8.61. The van der Waals surface area contributed by atoms with Gasteiger partial charge in [0.2, 0.25) is 0 Å². The van der Waals surface area contributed by atoms with E-state index in [1.807, 2.05) is 6.07 Å². The monoisotopic (exact) mass is 418 g/mol. The molecule has 0 spiro atoms. The molecule has 9 heteroatoms. The molecule has 150 valence electrons. The lowest BCUT2D eigenvalue weighted by Gasteiger charge is -2.13. The molecule has 1 fully saturated rings. The molecule has 0 bridgehead atoms. The van der Waals surface area contributed by atoms with Gasteiger partial charge >= 0.3 is 6.18 Å². The predicted octanol–water partition coefficient (Wildman–Crippen LogP) is 4.34. The highest BCUT2D eigenvalue weighted by Crippen LogP contribution is 2.48. The van der Waals surface area contributed by atoms with E-state index in [1.54, 1.807) is 30.7 Å². The highest BCUT2D eigenvalue weighted by molar-refractivity contribution is 7.85. The first-order valence-corrected chi connectivity index (χ1v) is 10.4. The van der Waals surface area contributed by atoms with Crippen LogP contribution in [0.4, 0.5) is 13.2 Å². The minimum absolute atomic E-state index is 0.165. The van der Waals surface area contributed by atoms with Crippen LogP contribution >= 0.6 is 0 Å². The molecule has 29 heavy (non-hydrogen) atoms. The van der Waals surface area contributed by atoms with Gasteiger partial charge in [0.05, 0.1) is 44.4 Å². The van der Waals surface area contributed by atoms with Crippen LogP contribution in [0, 0.1) is 11.3 Å². The largest absolute Gasteiger partial charge is 0.433 e. The summed E-state index contributed by atoms with van der Waals surface area (Å²) in [7, 11) is 0.356. The minimum Gasteiger partial charge on any atom is -0.326 e. The fourth-order valence-electron chi connectivity index (χ4n) is 3.42. The number of aryl methyl sites for hydroxylation is 1. The molecule has 5 nitrogen and oxygen atoms in total. The van der Waals surface area contributed by atoms with E-state index in [9.17, 15) is 22.6 Å². The number of hydrogen-bond acceptors (Lipinski definition) is 4. The van der Waals surface area contributed by atoms with E-state index in [4.69, 9.17) is 0 Å². The Hall–Kier alpha value is -2.73. The van der Waals surface area contributed by atoms with E-state index in [-0.39, 0.29) is 5.52 Å². The average Bonchev–Trinajstić information content (AvgIpc) is 3.44. The van der Waals surface area contributed by atoms with E-state index >= 15 is 0 Å². The Morgan fingerprint density at radius 2 is 2.03 bits per heavy atom. The molecular formula is C20H17F3N4OS. The molecular weight excluding hydrogens is 401 g/mol. The maximum Gasteiger partial charge on any atom is 0.433 e. The molecule has 1 aromatic carbocycles. The maximum atomic E-state index is 13.0. The highest BCUT2D eigenvalue weighted by Gasteiger charge is 2.45. The summed E-state index contributed by atoms with van der Waals surface area (Å²) in [5.74, 6) is 0.783. The van der Waals surface area contributed by atoms with Crippen LogP contribution < -0.4 is 0 Å². The second-order valence-electron chi connectivity index (χ2n) is 7.09. The quantitative estimate of drug-likeness (QED) is 0.632. The number of rotatable bonds is 4. The topological polar surface area (TPSA) is 71.6 Å². The lowest BCUT2D eigenvalue weighted by molar-refractivity contribution is -0.141. The summed E-state index contributed by atoms with van der Waals surface area (Å²) in [5, 5.41) is 9.47. The summed E-state index contributed by atoms with van der Waals surface area (Å²) in [6.45, 7) is 1.79. The molecule has 2 aromatic heterocycles. The van der Waals surface area contributed by atoms with Gasteiger partial charge in [0.1, 0.15) is 11.5 Å². The second-order valence-corrected chi connectivity index (χ2v) is 8.80. The lowest BCUT2D eigenvalue weighted by Crippen LogP contribution is -2.07. The predicted molar refractivity (Wildman–Crippen MR) is 102 cm³/mol. The molecule has 0 unspecified atom stereocenters. The van der Waals surface area contributed by atoms with E-state index < -0.39 is 28.1 Å². The Morgan fingerprint density at radius 3 is 2.62 bits per heavy atom. The Labute approximate surface area is 167 Å². The third-order valence-electron chi connectivity index (χ3n) is 5.30. The number of nitrogens with zero attached hydrogens (tertiary/aromatic N) is 4. The van der Waals surface area contributed by atoms with Crippen LogP contribution in [0.5, 0.6) is 0 Å². The van der Waals surface area contributed by atoms with Gasteiger partial charge in [-0.25, -0.2) is 9.97 Å². The van der Waals surface area contributed by atoms with Gasteiger partial charge in [-0.05, 0) is 36.6 Å². The van der Waals surface area contributed by atoms with Crippen LogP contribution in [0.2, 0.25) is 0 Å². The van der Waals surface area contributed by atoms with Crippen molar-refractivity contribution in [2.24, 2.45) is 7.05 Å². The van der Waals surface area contributed by atoms with Crippen molar-refractivity contribution in [2.45, 2.75) is 36.3 Å². The molecule has 2 heterocycles. The summed E-state index contributed by atoms with van der Waals surface area (Å²) in [4.78, 5) is 8.42. The maximum absolute atomic E-state index is 13.0. The Bertz CT molecular complexity index is 1190. The van der Waals surface area contributed by atoms with Crippen LogP contribution in [0.15, 0.2) is 35.4 Å². The molecule has 0 amide bonds. The summed E-state index contributed by atoms with van der Waals surface area (Å²) < 4.78 is 53.4. The van der Waals surface area contributed by atoms with Crippen molar-refractivity contribution in [3.8, 4) is 17.5 Å². The number of benzene rings is 1. The van der Waals surface area contributed by atoms with E-state index in [2.05, 4.69) is 16.0 Å². The van der Waals surface area contributed by atoms with Gasteiger partial charge in [-0.15, -0.1) is 0 Å². The van der Waals surface area contributed by atoms with E-state index in [0.717, 1.165) is 30.7 Å². The summed E-state index contributed by atoms with van der Waals surface area (Å²) in [6.07, 6.45) is -1.88. The summed E-state index contributed by atoms with van der Waals surface area (Å²) in [5.41, 5.74) is 0.476. The van der Waals surface area contributed by atoms with Crippen molar-refractivity contribution in [1.29, 1.82) is 5.26 Å². The molecule has 0 radical (unpaired) electrons. The molecule has 3 aromatic rings. The third-order valence-corrected chi connectivity index (χ3v) is 6.66. The zero-order valence-electron chi connectivity index (χ0n) is 15.7. The van der Waals surface area contributed by atoms with Crippen molar-refractivity contribution in [3.63, 3.8) is 0 Å². The third kappa shape index (κ3) is 3.21. The Kier molecular flexibility index (Phi) is 4.50. The van der Waals surface area contributed by atoms with Crippen LogP contribution in [0.25, 0.3) is 22.4 Å². The lowest BCUT2D eigenvalue weighted by atomic mass is 9.96. The Balaban J connectivity index is 1.90. The fourth-order valence-corrected chi connectivity index (χ4v) is 4.40. The number of aromatic nitrogens is 3. The molecule has 0 N–H and O–H groups in total. The zero-order chi connectivity index (χ0) is 21.0. The standard InChI is InChI=1S/C20H17F3N4OS/c1-3-29(28)16-8-12(19(11-24)6-7-19)4-5-13(16)18-26-14-9-17(20(21,22)23)25-10-15(14)27(18)2/h4-5,8-10H,3,6-7H2,1-2H3/t29-/m1/s1. The number of hydrogen-bond donors (Lipinski definition) is 0. The van der Waals surface area contributed by atoms with Crippen molar-refractivity contribution < 1.29 is 17.4 Å². The summed E-state index contributed by atoms with van der Waals surface area (Å²) >= 11 is 0. The van der Waals surface area contributed by atoms with Crippen LogP contribution in [0.3, 0.4) is 0 Å². The van der Waals surface area contributed by atoms with Crippen LogP contribution in [-0.2, 0) is 29.4 Å². The van der Waals surface area contributed by atoms with Gasteiger partial charge in [0.15, 0.2) is 0 Å². The van der Waals surface area contributed by atoms with Gasteiger partial charge < -0.3 is 4.57 Å². The molecule has 1 aliphatic carbocycles. The smallest absolute Gasteiger partial charge is 0.326 e. The highest BCUT2D eigenvalue weighted by atomic mass is 32.2. The van der Waals surface area contributed by atoms with Crippen molar-refractivity contribution in [2.75, 3.05) is 5.75 Å². The first-order valence-electron chi connectivity index (χ1n) is 9.04.